The molecule has 1 aliphatic rings. The standard InChI is InChI=1S/C9H16INO2/c1-7(13-2)9(12)11-5-3-8(10)4-6-11/h7-8H,3-6H2,1-2H3/t7-/m1/s1. The molecule has 3 nitrogen and oxygen atoms in total. The molecule has 0 spiro atoms. The zero-order chi connectivity index (χ0) is 9.84. The number of hydrogen-bond acceptors (Lipinski definition) is 2. The van der Waals surface area contributed by atoms with Gasteiger partial charge in [-0.2, -0.15) is 0 Å². The lowest BCUT2D eigenvalue weighted by Crippen LogP contribution is -2.43. The molecule has 1 saturated heterocycles. The lowest BCUT2D eigenvalue weighted by atomic mass is 10.1. The minimum absolute atomic E-state index is 0.130. The van der Waals surface area contributed by atoms with Crippen molar-refractivity contribution in [3.63, 3.8) is 0 Å². The van der Waals surface area contributed by atoms with Crippen LogP contribution in [0.3, 0.4) is 0 Å². The highest BCUT2D eigenvalue weighted by Crippen LogP contribution is 2.18. The smallest absolute Gasteiger partial charge is 0.251 e. The van der Waals surface area contributed by atoms with Crippen LogP contribution in [-0.2, 0) is 9.53 Å². The van der Waals surface area contributed by atoms with E-state index in [1.165, 1.54) is 0 Å². The van der Waals surface area contributed by atoms with Crippen LogP contribution in [0.25, 0.3) is 0 Å². The molecular weight excluding hydrogens is 281 g/mol. The van der Waals surface area contributed by atoms with Crippen LogP contribution in [0.5, 0.6) is 0 Å². The third-order valence-corrected chi connectivity index (χ3v) is 3.68. The summed E-state index contributed by atoms with van der Waals surface area (Å²) < 4.78 is 5.73. The number of likely N-dealkylation sites (tertiary alicyclic amines) is 1. The fourth-order valence-electron chi connectivity index (χ4n) is 1.43. The van der Waals surface area contributed by atoms with Crippen LogP contribution in [0.15, 0.2) is 0 Å². The predicted octanol–water partition coefficient (Wildman–Crippen LogP) is 1.45. The number of hydrogen-bond donors (Lipinski definition) is 0. The van der Waals surface area contributed by atoms with E-state index in [2.05, 4.69) is 22.6 Å². The van der Waals surface area contributed by atoms with Crippen LogP contribution in [0.4, 0.5) is 0 Å². The minimum Gasteiger partial charge on any atom is -0.372 e. The Morgan fingerprint density at radius 3 is 2.54 bits per heavy atom. The zero-order valence-corrected chi connectivity index (χ0v) is 10.3. The molecule has 0 aliphatic carbocycles. The molecule has 0 aromatic heterocycles. The van der Waals surface area contributed by atoms with Crippen molar-refractivity contribution in [1.82, 2.24) is 4.90 Å². The highest BCUT2D eigenvalue weighted by atomic mass is 127. The quantitative estimate of drug-likeness (QED) is 0.570. The van der Waals surface area contributed by atoms with E-state index >= 15 is 0 Å². The second kappa shape index (κ2) is 5.14. The molecular formula is C9H16INO2. The van der Waals surface area contributed by atoms with Crippen molar-refractivity contribution in [1.29, 1.82) is 0 Å². The molecule has 76 valence electrons. The number of methoxy groups -OCH3 is 1. The number of alkyl halides is 1. The first-order chi connectivity index (χ1) is 6.15. The van der Waals surface area contributed by atoms with Gasteiger partial charge >= 0.3 is 0 Å². The summed E-state index contributed by atoms with van der Waals surface area (Å²) in [5.74, 6) is 0.130. The van der Waals surface area contributed by atoms with Gasteiger partial charge in [-0.3, -0.25) is 4.79 Å². The van der Waals surface area contributed by atoms with E-state index in [1.54, 1.807) is 14.0 Å². The maximum absolute atomic E-state index is 11.6. The van der Waals surface area contributed by atoms with Crippen LogP contribution in [0.2, 0.25) is 0 Å². The van der Waals surface area contributed by atoms with E-state index in [9.17, 15) is 4.79 Å². The Labute approximate surface area is 92.9 Å². The van der Waals surface area contributed by atoms with Crippen molar-refractivity contribution in [3.05, 3.63) is 0 Å². The molecule has 1 heterocycles. The molecule has 0 saturated carbocycles. The molecule has 0 N–H and O–H groups in total. The number of halogens is 1. The largest absolute Gasteiger partial charge is 0.372 e. The molecule has 1 rings (SSSR count). The van der Waals surface area contributed by atoms with Gasteiger partial charge < -0.3 is 9.64 Å². The van der Waals surface area contributed by atoms with Gasteiger partial charge in [0.25, 0.3) is 5.91 Å². The number of piperidine rings is 1. The number of rotatable bonds is 2. The van der Waals surface area contributed by atoms with Gasteiger partial charge in [-0.25, -0.2) is 0 Å². The maximum Gasteiger partial charge on any atom is 0.251 e. The highest BCUT2D eigenvalue weighted by molar-refractivity contribution is 14.1. The summed E-state index contributed by atoms with van der Waals surface area (Å²) in [4.78, 5) is 13.5. The van der Waals surface area contributed by atoms with Crippen molar-refractivity contribution in [2.75, 3.05) is 20.2 Å². The highest BCUT2D eigenvalue weighted by Gasteiger charge is 2.24. The number of nitrogens with zero attached hydrogens (tertiary/aromatic N) is 1. The van der Waals surface area contributed by atoms with Gasteiger partial charge in [-0.1, -0.05) is 22.6 Å². The summed E-state index contributed by atoms with van der Waals surface area (Å²) >= 11 is 2.45. The Morgan fingerprint density at radius 2 is 2.08 bits per heavy atom. The third kappa shape index (κ3) is 3.09. The summed E-state index contributed by atoms with van der Waals surface area (Å²) in [6, 6.07) is 0. The van der Waals surface area contributed by atoms with Crippen molar-refractivity contribution in [2.24, 2.45) is 0 Å². The maximum atomic E-state index is 11.6. The summed E-state index contributed by atoms with van der Waals surface area (Å²) in [6.45, 7) is 3.58. The molecule has 13 heavy (non-hydrogen) atoms. The van der Waals surface area contributed by atoms with Gasteiger partial charge in [0.05, 0.1) is 0 Å². The van der Waals surface area contributed by atoms with Crippen molar-refractivity contribution >= 4 is 28.5 Å². The van der Waals surface area contributed by atoms with E-state index in [0.29, 0.717) is 0 Å². The molecule has 4 heteroatoms. The number of amides is 1. The molecule has 0 radical (unpaired) electrons. The van der Waals surface area contributed by atoms with Crippen molar-refractivity contribution < 1.29 is 9.53 Å². The third-order valence-electron chi connectivity index (χ3n) is 2.44. The first kappa shape index (κ1) is 11.2. The van der Waals surface area contributed by atoms with Crippen LogP contribution >= 0.6 is 22.6 Å². The summed E-state index contributed by atoms with van der Waals surface area (Å²) in [7, 11) is 1.58. The molecule has 1 fully saturated rings. The average Bonchev–Trinajstić information content (AvgIpc) is 2.17. The minimum atomic E-state index is -0.286. The number of ether oxygens (including phenoxy) is 1. The van der Waals surface area contributed by atoms with Crippen LogP contribution in [-0.4, -0.2) is 41.0 Å². The molecule has 0 unspecified atom stereocenters. The Morgan fingerprint density at radius 1 is 1.54 bits per heavy atom. The second-order valence-corrected chi connectivity index (χ2v) is 5.14. The molecule has 1 aliphatic heterocycles. The normalized spacial score (nSPS) is 21.6. The number of carbonyl (C=O) groups is 1. The molecule has 0 aromatic carbocycles. The Hall–Kier alpha value is 0.160. The summed E-state index contributed by atoms with van der Waals surface area (Å²) in [5, 5.41) is 0. The van der Waals surface area contributed by atoms with Gasteiger partial charge in [0.1, 0.15) is 6.10 Å². The lowest BCUT2D eigenvalue weighted by Gasteiger charge is -2.31. The topological polar surface area (TPSA) is 29.5 Å². The van der Waals surface area contributed by atoms with Gasteiger partial charge in [0.2, 0.25) is 0 Å². The fourth-order valence-corrected chi connectivity index (χ4v) is 1.98. The van der Waals surface area contributed by atoms with Crippen LogP contribution in [0.1, 0.15) is 19.8 Å². The van der Waals surface area contributed by atoms with Gasteiger partial charge in [0, 0.05) is 24.1 Å². The van der Waals surface area contributed by atoms with E-state index in [-0.39, 0.29) is 12.0 Å². The molecule has 1 atom stereocenters. The van der Waals surface area contributed by atoms with E-state index in [1.807, 2.05) is 4.90 Å². The summed E-state index contributed by atoms with van der Waals surface area (Å²) in [6.07, 6.45) is 1.94. The van der Waals surface area contributed by atoms with E-state index < -0.39 is 0 Å². The average molecular weight is 297 g/mol. The lowest BCUT2D eigenvalue weighted by molar-refractivity contribution is -0.141. The molecule has 0 bridgehead atoms. The van der Waals surface area contributed by atoms with Crippen LogP contribution in [0, 0.1) is 0 Å². The molecule has 0 aromatic rings. The van der Waals surface area contributed by atoms with E-state index in [0.717, 1.165) is 29.9 Å². The summed E-state index contributed by atoms with van der Waals surface area (Å²) in [5.41, 5.74) is 0. The van der Waals surface area contributed by atoms with Crippen LogP contribution < -0.4 is 0 Å². The second-order valence-electron chi connectivity index (χ2n) is 3.38. The van der Waals surface area contributed by atoms with Gasteiger partial charge in [0.15, 0.2) is 0 Å². The van der Waals surface area contributed by atoms with Gasteiger partial charge in [-0.15, -0.1) is 0 Å². The first-order valence-corrected chi connectivity index (χ1v) is 5.85. The predicted molar refractivity (Wildman–Crippen MR) is 60.1 cm³/mol. The molecule has 1 amide bonds. The SMILES string of the molecule is CO[C@H](C)C(=O)N1CCC(I)CC1. The fraction of sp³-hybridized carbons (Fsp3) is 0.889. The van der Waals surface area contributed by atoms with Gasteiger partial charge in [-0.05, 0) is 19.8 Å². The zero-order valence-electron chi connectivity index (χ0n) is 8.12. The monoisotopic (exact) mass is 297 g/mol. The van der Waals surface area contributed by atoms with E-state index in [4.69, 9.17) is 4.74 Å². The number of carbonyl (C=O) groups excluding carboxylic acids is 1. The van der Waals surface area contributed by atoms with Crippen molar-refractivity contribution in [3.8, 4) is 0 Å². The Balaban J connectivity index is 2.40. The Kier molecular flexibility index (Phi) is 4.45. The Bertz CT molecular complexity index is 178. The van der Waals surface area contributed by atoms with Crippen molar-refractivity contribution in [2.45, 2.75) is 29.8 Å². The first-order valence-electron chi connectivity index (χ1n) is 4.60.